The molecular formula is C26H24ClF2N3O4. The topological polar surface area (TPSA) is 111 Å². The summed E-state index contributed by atoms with van der Waals surface area (Å²) in [7, 11) is 0. The Balaban J connectivity index is 1.55. The number of hydroxylamine groups is 1. The third-order valence-electron chi connectivity index (χ3n) is 6.41. The normalized spacial score (nSPS) is 23.2. The number of carbonyl (C=O) groups is 3. The summed E-state index contributed by atoms with van der Waals surface area (Å²) in [5.74, 6) is -3.80. The van der Waals surface area contributed by atoms with Crippen molar-refractivity contribution in [3.8, 4) is 5.75 Å². The monoisotopic (exact) mass is 515 g/mol. The molecule has 10 heteroatoms. The lowest BCUT2D eigenvalue weighted by atomic mass is 9.82. The molecule has 3 atom stereocenters. The summed E-state index contributed by atoms with van der Waals surface area (Å²) in [6.07, 6.45) is 1.65. The lowest BCUT2D eigenvalue weighted by Crippen LogP contribution is -2.54. The number of carbonyl (C=O) groups excluding carboxylic acids is 3. The molecular weight excluding hydrogens is 492 g/mol. The molecule has 4 N–H and O–H groups in total. The number of primary amides is 1. The molecule has 1 unspecified atom stereocenters. The molecule has 1 aliphatic carbocycles. The van der Waals surface area contributed by atoms with Crippen LogP contribution < -0.4 is 21.4 Å². The highest BCUT2D eigenvalue weighted by Crippen LogP contribution is 2.36. The Labute approximate surface area is 211 Å². The van der Waals surface area contributed by atoms with Gasteiger partial charge in [0.05, 0.1) is 12.5 Å². The second kappa shape index (κ2) is 9.83. The lowest BCUT2D eigenvalue weighted by molar-refractivity contribution is -0.131. The van der Waals surface area contributed by atoms with Crippen LogP contribution in [0, 0.1) is 0 Å². The van der Waals surface area contributed by atoms with Crippen molar-refractivity contribution in [2.24, 2.45) is 5.73 Å². The molecule has 2 aliphatic rings. The highest BCUT2D eigenvalue weighted by atomic mass is 35.5. The van der Waals surface area contributed by atoms with Gasteiger partial charge in [-0.05, 0) is 66.8 Å². The smallest absolute Gasteiger partial charge is 0.247 e. The number of ketones is 1. The maximum atomic E-state index is 16.1. The van der Waals surface area contributed by atoms with Crippen LogP contribution in [0.1, 0.15) is 30.9 Å². The van der Waals surface area contributed by atoms with Gasteiger partial charge in [0.2, 0.25) is 23.3 Å². The fraction of sp³-hybridized carbons (Fsp3) is 0.269. The van der Waals surface area contributed by atoms with Crippen LogP contribution in [-0.2, 0) is 26.3 Å². The van der Waals surface area contributed by atoms with E-state index in [-0.39, 0.29) is 12.0 Å². The zero-order chi connectivity index (χ0) is 26.1. The van der Waals surface area contributed by atoms with Gasteiger partial charge in [0.25, 0.3) is 0 Å². The average Bonchev–Trinajstić information content (AvgIpc) is 3.05. The Kier molecular flexibility index (Phi) is 6.97. The van der Waals surface area contributed by atoms with E-state index in [4.69, 9.17) is 22.2 Å². The molecule has 1 heterocycles. The fourth-order valence-electron chi connectivity index (χ4n) is 4.34. The first kappa shape index (κ1) is 25.5. The number of fused-ring (bicyclic) bond motifs is 1. The van der Waals surface area contributed by atoms with E-state index in [9.17, 15) is 18.8 Å². The summed E-state index contributed by atoms with van der Waals surface area (Å²) in [5.41, 5.74) is 4.79. The molecule has 4 rings (SSSR count). The number of rotatable bonds is 6. The number of alkyl halides is 1. The Morgan fingerprint density at radius 2 is 2.00 bits per heavy atom. The van der Waals surface area contributed by atoms with Crippen molar-refractivity contribution < 1.29 is 28.0 Å². The van der Waals surface area contributed by atoms with Crippen molar-refractivity contribution in [3.05, 3.63) is 88.2 Å². The van der Waals surface area contributed by atoms with Crippen LogP contribution in [0.15, 0.2) is 72.1 Å². The van der Waals surface area contributed by atoms with Crippen LogP contribution in [0.3, 0.4) is 0 Å². The van der Waals surface area contributed by atoms with E-state index in [1.165, 1.54) is 6.92 Å². The van der Waals surface area contributed by atoms with Gasteiger partial charge < -0.3 is 15.9 Å². The number of benzene rings is 2. The first-order valence-electron chi connectivity index (χ1n) is 11.2. The molecule has 2 aromatic carbocycles. The molecule has 7 nitrogen and oxygen atoms in total. The third-order valence-corrected chi connectivity index (χ3v) is 6.65. The van der Waals surface area contributed by atoms with Crippen molar-refractivity contribution in [2.75, 3.05) is 0 Å². The van der Waals surface area contributed by atoms with Crippen LogP contribution in [-0.4, -0.2) is 29.3 Å². The van der Waals surface area contributed by atoms with Gasteiger partial charge in [0.15, 0.2) is 5.83 Å². The number of hydrogen-bond acceptors (Lipinski definition) is 5. The Morgan fingerprint density at radius 1 is 1.28 bits per heavy atom. The minimum Gasteiger partial charge on any atom is -0.408 e. The van der Waals surface area contributed by atoms with Gasteiger partial charge in [0.1, 0.15) is 11.3 Å². The van der Waals surface area contributed by atoms with Gasteiger partial charge >= 0.3 is 0 Å². The maximum absolute atomic E-state index is 16.1. The second-order valence-corrected chi connectivity index (χ2v) is 9.39. The van der Waals surface area contributed by atoms with E-state index in [0.717, 1.165) is 12.2 Å². The standard InChI is InChI=1S/C26H24ClF2N3O4/c1-25(24(30)35,17-5-3-2-4-6-17)31-22(33)12-15-11-19(28)23(34)26(29,14-15)21-10-7-16-13-18(27)8-9-20(16)36-32-21/h2-6,8-9,11,13-14,21,32H,7,10,12H2,1H3,(H2,30,35)(H,31,33)/t21-,25+,26?/m0/s1. The third kappa shape index (κ3) is 4.89. The van der Waals surface area contributed by atoms with Crippen molar-refractivity contribution >= 4 is 29.2 Å². The summed E-state index contributed by atoms with van der Waals surface area (Å²) in [6.45, 7) is 1.44. The number of nitrogens with two attached hydrogens (primary N) is 1. The maximum Gasteiger partial charge on any atom is 0.247 e. The van der Waals surface area contributed by atoms with Gasteiger partial charge in [0, 0.05) is 5.02 Å². The summed E-state index contributed by atoms with van der Waals surface area (Å²) in [6, 6.07) is 12.0. The highest BCUT2D eigenvalue weighted by Gasteiger charge is 2.49. The molecule has 0 bridgehead atoms. The van der Waals surface area contributed by atoms with Crippen LogP contribution in [0.2, 0.25) is 5.02 Å². The number of Topliss-reactive ketones (excluding diaryl/α,β-unsaturated/α-hetero) is 1. The van der Waals surface area contributed by atoms with E-state index in [1.807, 2.05) is 0 Å². The zero-order valence-electron chi connectivity index (χ0n) is 19.3. The van der Waals surface area contributed by atoms with E-state index < -0.39 is 47.1 Å². The number of allylic oxidation sites excluding steroid dienone is 2. The minimum atomic E-state index is -2.81. The number of nitrogens with one attached hydrogen (secondary N) is 2. The predicted octanol–water partition coefficient (Wildman–Crippen LogP) is 3.52. The second-order valence-electron chi connectivity index (χ2n) is 8.95. The molecule has 0 saturated heterocycles. The molecule has 2 amide bonds. The van der Waals surface area contributed by atoms with E-state index in [2.05, 4.69) is 10.8 Å². The van der Waals surface area contributed by atoms with Crippen molar-refractivity contribution in [1.29, 1.82) is 0 Å². The lowest BCUT2D eigenvalue weighted by Gasteiger charge is -2.32. The summed E-state index contributed by atoms with van der Waals surface area (Å²) in [5, 5.41) is 3.02. The molecule has 0 fully saturated rings. The van der Waals surface area contributed by atoms with Crippen molar-refractivity contribution in [1.82, 2.24) is 10.8 Å². The predicted molar refractivity (Wildman–Crippen MR) is 129 cm³/mol. The number of amides is 2. The number of aryl methyl sites for hydroxylation is 1. The Hall–Kier alpha value is -3.56. The van der Waals surface area contributed by atoms with Crippen LogP contribution in [0.4, 0.5) is 8.78 Å². The SMILES string of the molecule is C[C@](NC(=O)CC1=CC(F)([C@@H]2CCc3cc(Cl)ccc3ON2)C(=O)C(F)=C1)(C(N)=O)c1ccccc1. The van der Waals surface area contributed by atoms with Crippen molar-refractivity contribution in [2.45, 2.75) is 43.4 Å². The van der Waals surface area contributed by atoms with Gasteiger partial charge in [-0.2, -0.15) is 0 Å². The molecule has 0 saturated carbocycles. The average molecular weight is 516 g/mol. The molecule has 36 heavy (non-hydrogen) atoms. The first-order valence-corrected chi connectivity index (χ1v) is 11.6. The van der Waals surface area contributed by atoms with Gasteiger partial charge in [-0.3, -0.25) is 14.4 Å². The molecule has 0 spiro atoms. The largest absolute Gasteiger partial charge is 0.408 e. The van der Waals surface area contributed by atoms with Crippen LogP contribution in [0.25, 0.3) is 0 Å². The number of hydrogen-bond donors (Lipinski definition) is 3. The molecule has 0 radical (unpaired) electrons. The molecule has 2 aromatic rings. The van der Waals surface area contributed by atoms with Gasteiger partial charge in [-0.1, -0.05) is 41.9 Å². The number of halogens is 3. The quantitative estimate of drug-likeness (QED) is 0.545. The summed E-state index contributed by atoms with van der Waals surface area (Å²) in [4.78, 5) is 43.1. The zero-order valence-corrected chi connectivity index (χ0v) is 20.1. The highest BCUT2D eigenvalue weighted by molar-refractivity contribution is 6.30. The molecule has 188 valence electrons. The van der Waals surface area contributed by atoms with E-state index >= 15 is 4.39 Å². The first-order chi connectivity index (χ1) is 17.0. The van der Waals surface area contributed by atoms with E-state index in [0.29, 0.717) is 28.3 Å². The Morgan fingerprint density at radius 3 is 2.69 bits per heavy atom. The van der Waals surface area contributed by atoms with Gasteiger partial charge in [-0.15, -0.1) is 5.48 Å². The van der Waals surface area contributed by atoms with Crippen LogP contribution >= 0.6 is 11.6 Å². The van der Waals surface area contributed by atoms with E-state index in [1.54, 1.807) is 48.5 Å². The van der Waals surface area contributed by atoms with Crippen LogP contribution in [0.5, 0.6) is 5.75 Å². The fourth-order valence-corrected chi connectivity index (χ4v) is 4.53. The Bertz CT molecular complexity index is 1280. The molecule has 1 aliphatic heterocycles. The molecule has 0 aromatic heterocycles. The van der Waals surface area contributed by atoms with Gasteiger partial charge in [-0.25, -0.2) is 8.78 Å². The summed E-state index contributed by atoms with van der Waals surface area (Å²) < 4.78 is 30.8. The minimum absolute atomic E-state index is 0.0708. The van der Waals surface area contributed by atoms with Crippen molar-refractivity contribution in [3.63, 3.8) is 0 Å². The summed E-state index contributed by atoms with van der Waals surface area (Å²) >= 11 is 6.02.